The van der Waals surface area contributed by atoms with Gasteiger partial charge in [0.05, 0.1) is 10.7 Å². The van der Waals surface area contributed by atoms with Gasteiger partial charge in [0.15, 0.2) is 11.4 Å². The van der Waals surface area contributed by atoms with Crippen molar-refractivity contribution in [2.75, 3.05) is 31.1 Å². The Labute approximate surface area is 183 Å². The normalized spacial score (nSPS) is 15.8. The van der Waals surface area contributed by atoms with Crippen molar-refractivity contribution in [3.63, 3.8) is 0 Å². The molecule has 0 unspecified atom stereocenters. The first-order valence-electron chi connectivity index (χ1n) is 10.5. The van der Waals surface area contributed by atoms with Crippen molar-refractivity contribution in [3.8, 4) is 0 Å². The number of pyridine rings is 1. The summed E-state index contributed by atoms with van der Waals surface area (Å²) in [5.74, 6) is 0.880. The van der Waals surface area contributed by atoms with Crippen LogP contribution in [0.2, 0.25) is 5.02 Å². The molecular weight excluding hydrogens is 412 g/mol. The Morgan fingerprint density at radius 2 is 1.90 bits per heavy atom. The number of hydrogen-bond donors (Lipinski definition) is 0. The highest BCUT2D eigenvalue weighted by Crippen LogP contribution is 2.32. The Morgan fingerprint density at radius 3 is 2.87 bits per heavy atom. The first-order valence-corrected chi connectivity index (χ1v) is 10.8. The van der Waals surface area contributed by atoms with Crippen LogP contribution in [0, 0.1) is 0 Å². The zero-order valence-corrected chi connectivity index (χ0v) is 17.7. The van der Waals surface area contributed by atoms with E-state index in [4.69, 9.17) is 21.0 Å². The van der Waals surface area contributed by atoms with Crippen LogP contribution in [-0.4, -0.2) is 50.4 Å². The lowest BCUT2D eigenvalue weighted by Crippen LogP contribution is -2.31. The van der Waals surface area contributed by atoms with Gasteiger partial charge in [0, 0.05) is 50.5 Å². The van der Waals surface area contributed by atoms with Crippen molar-refractivity contribution in [2.45, 2.75) is 13.0 Å². The Kier molecular flexibility index (Phi) is 4.51. The van der Waals surface area contributed by atoms with Gasteiger partial charge >= 0.3 is 0 Å². The number of halogens is 1. The lowest BCUT2D eigenvalue weighted by Gasteiger charge is -2.22. The Morgan fingerprint density at radius 1 is 0.968 bits per heavy atom. The smallest absolute Gasteiger partial charge is 0.196 e. The number of para-hydroxylation sites is 1. The average Bonchev–Trinajstić information content (AvgIpc) is 3.27. The third kappa shape index (κ3) is 3.40. The van der Waals surface area contributed by atoms with Crippen molar-refractivity contribution in [1.29, 1.82) is 0 Å². The zero-order valence-electron chi connectivity index (χ0n) is 16.9. The minimum Gasteiger partial charge on any atom is -0.450 e. The highest BCUT2D eigenvalue weighted by molar-refractivity contribution is 6.30. The standard InChI is InChI=1S/C23H21ClN6O/c24-16-6-7-20-27-17(14-30(20)12-16)13-28-8-3-9-29(11-10-28)23-22-21(25-15-26-23)18-4-1-2-5-19(18)31-22/h1-2,4-7,12,14-15H,3,8-11,13H2. The van der Waals surface area contributed by atoms with E-state index in [0.717, 1.165) is 78.4 Å². The summed E-state index contributed by atoms with van der Waals surface area (Å²) in [5.41, 5.74) is 4.48. The van der Waals surface area contributed by atoms with Crippen molar-refractivity contribution in [2.24, 2.45) is 0 Å². The van der Waals surface area contributed by atoms with Gasteiger partial charge in [-0.05, 0) is 30.7 Å². The molecule has 0 amide bonds. The van der Waals surface area contributed by atoms with Crippen LogP contribution in [-0.2, 0) is 6.54 Å². The van der Waals surface area contributed by atoms with E-state index in [2.05, 4.69) is 26.0 Å². The van der Waals surface area contributed by atoms with Crippen LogP contribution in [0.5, 0.6) is 0 Å². The van der Waals surface area contributed by atoms with Gasteiger partial charge in [-0.2, -0.15) is 0 Å². The molecule has 7 nitrogen and oxygen atoms in total. The lowest BCUT2D eigenvalue weighted by molar-refractivity contribution is 0.282. The number of hydrogen-bond acceptors (Lipinski definition) is 6. The summed E-state index contributed by atoms with van der Waals surface area (Å²) in [5, 5.41) is 1.74. The molecule has 1 aliphatic heterocycles. The fraction of sp³-hybridized carbons (Fsp3) is 0.261. The maximum atomic E-state index is 6.14. The van der Waals surface area contributed by atoms with E-state index in [1.165, 1.54) is 0 Å². The van der Waals surface area contributed by atoms with E-state index < -0.39 is 0 Å². The zero-order chi connectivity index (χ0) is 20.8. The molecule has 0 saturated carbocycles. The van der Waals surface area contributed by atoms with E-state index in [-0.39, 0.29) is 0 Å². The molecule has 0 bridgehead atoms. The number of fused-ring (bicyclic) bond motifs is 4. The van der Waals surface area contributed by atoms with Crippen molar-refractivity contribution in [1.82, 2.24) is 24.3 Å². The van der Waals surface area contributed by atoms with Gasteiger partial charge in [0.25, 0.3) is 0 Å². The second-order valence-electron chi connectivity index (χ2n) is 7.94. The van der Waals surface area contributed by atoms with Crippen LogP contribution in [0.4, 0.5) is 5.82 Å². The maximum absolute atomic E-state index is 6.14. The molecule has 0 aliphatic carbocycles. The Bertz CT molecular complexity index is 1390. The number of furan rings is 1. The summed E-state index contributed by atoms with van der Waals surface area (Å²) in [6.45, 7) is 4.57. The topological polar surface area (TPSA) is 62.7 Å². The predicted octanol–water partition coefficient (Wildman–Crippen LogP) is 4.39. The molecule has 1 aliphatic rings. The molecule has 156 valence electrons. The van der Waals surface area contributed by atoms with Gasteiger partial charge in [0.1, 0.15) is 23.1 Å². The summed E-state index contributed by atoms with van der Waals surface area (Å²) < 4.78 is 8.13. The van der Waals surface area contributed by atoms with E-state index in [9.17, 15) is 0 Å². The molecule has 5 heterocycles. The molecule has 0 atom stereocenters. The molecule has 1 aromatic carbocycles. The third-order valence-electron chi connectivity index (χ3n) is 5.88. The molecule has 0 radical (unpaired) electrons. The molecule has 1 saturated heterocycles. The quantitative estimate of drug-likeness (QED) is 0.421. The van der Waals surface area contributed by atoms with Crippen LogP contribution in [0.15, 0.2) is 59.5 Å². The molecule has 4 aromatic heterocycles. The van der Waals surface area contributed by atoms with Gasteiger partial charge in [0.2, 0.25) is 0 Å². The molecule has 5 aromatic rings. The number of imidazole rings is 1. The van der Waals surface area contributed by atoms with Crippen LogP contribution in [0.1, 0.15) is 12.1 Å². The minimum atomic E-state index is 0.712. The highest BCUT2D eigenvalue weighted by Gasteiger charge is 2.21. The monoisotopic (exact) mass is 432 g/mol. The number of rotatable bonds is 3. The fourth-order valence-corrected chi connectivity index (χ4v) is 4.57. The first kappa shape index (κ1) is 18.6. The highest BCUT2D eigenvalue weighted by atomic mass is 35.5. The van der Waals surface area contributed by atoms with Crippen LogP contribution in [0.3, 0.4) is 0 Å². The number of benzene rings is 1. The second kappa shape index (κ2) is 7.51. The number of anilines is 1. The van der Waals surface area contributed by atoms with Gasteiger partial charge in [-0.25, -0.2) is 15.0 Å². The maximum Gasteiger partial charge on any atom is 0.196 e. The van der Waals surface area contributed by atoms with E-state index in [1.807, 2.05) is 47.0 Å². The van der Waals surface area contributed by atoms with Gasteiger partial charge in [-0.1, -0.05) is 23.7 Å². The van der Waals surface area contributed by atoms with Crippen LogP contribution < -0.4 is 4.90 Å². The lowest BCUT2D eigenvalue weighted by atomic mass is 10.2. The molecule has 1 fully saturated rings. The van der Waals surface area contributed by atoms with Gasteiger partial charge in [-0.3, -0.25) is 4.90 Å². The van der Waals surface area contributed by atoms with E-state index in [1.54, 1.807) is 6.33 Å². The third-order valence-corrected chi connectivity index (χ3v) is 6.10. The van der Waals surface area contributed by atoms with Crippen molar-refractivity contribution in [3.05, 3.63) is 65.8 Å². The Balaban J connectivity index is 1.23. The molecule has 8 heteroatoms. The SMILES string of the molecule is Clc1ccc2nc(CN3CCCN(c4ncnc5c4oc4ccccc45)CC3)cn2c1. The molecular formula is C23H21ClN6O. The van der Waals surface area contributed by atoms with Gasteiger partial charge in [-0.15, -0.1) is 0 Å². The van der Waals surface area contributed by atoms with Crippen molar-refractivity contribution < 1.29 is 4.42 Å². The summed E-state index contributed by atoms with van der Waals surface area (Å²) in [7, 11) is 0. The number of nitrogens with zero attached hydrogens (tertiary/aromatic N) is 6. The van der Waals surface area contributed by atoms with Gasteiger partial charge < -0.3 is 13.7 Å². The average molecular weight is 433 g/mol. The summed E-state index contributed by atoms with van der Waals surface area (Å²) >= 11 is 6.10. The summed E-state index contributed by atoms with van der Waals surface area (Å²) in [6, 6.07) is 11.8. The van der Waals surface area contributed by atoms with E-state index >= 15 is 0 Å². The number of aromatic nitrogens is 4. The minimum absolute atomic E-state index is 0.712. The predicted molar refractivity (Wildman–Crippen MR) is 122 cm³/mol. The van der Waals surface area contributed by atoms with Crippen LogP contribution >= 0.6 is 11.6 Å². The van der Waals surface area contributed by atoms with Crippen LogP contribution in [0.25, 0.3) is 27.7 Å². The second-order valence-corrected chi connectivity index (χ2v) is 8.37. The molecule has 6 rings (SSSR count). The summed E-state index contributed by atoms with van der Waals surface area (Å²) in [4.78, 5) is 18.6. The first-order chi connectivity index (χ1) is 15.2. The largest absolute Gasteiger partial charge is 0.450 e. The fourth-order valence-electron chi connectivity index (χ4n) is 4.40. The summed E-state index contributed by atoms with van der Waals surface area (Å²) in [6.07, 6.45) is 6.65. The molecule has 0 N–H and O–H groups in total. The Hall–Kier alpha value is -3.16. The molecule has 31 heavy (non-hydrogen) atoms. The molecule has 0 spiro atoms. The van der Waals surface area contributed by atoms with E-state index in [0.29, 0.717) is 5.02 Å². The van der Waals surface area contributed by atoms with Crippen molar-refractivity contribution >= 4 is 45.1 Å².